The van der Waals surface area contributed by atoms with Crippen molar-refractivity contribution in [1.82, 2.24) is 15.4 Å². The van der Waals surface area contributed by atoms with Crippen molar-refractivity contribution in [3.05, 3.63) is 35.5 Å². The first-order valence-electron chi connectivity index (χ1n) is 5.24. The van der Waals surface area contributed by atoms with E-state index in [2.05, 4.69) is 20.7 Å². The molecule has 94 valence electrons. The van der Waals surface area contributed by atoms with Crippen molar-refractivity contribution >= 4 is 23.3 Å². The largest absolute Gasteiger partial charge is 0.481 e. The first-order valence-corrected chi connectivity index (χ1v) is 5.62. The quantitative estimate of drug-likeness (QED) is 0.885. The number of H-pyrrole nitrogens is 1. The zero-order chi connectivity index (χ0) is 13.0. The Bertz CT molecular complexity index is 512. The number of hydrogen-bond acceptors (Lipinski definition) is 4. The molecule has 0 radical (unpaired) electrons. The van der Waals surface area contributed by atoms with Gasteiger partial charge >= 0.3 is 0 Å². The number of aromatic nitrogens is 3. The van der Waals surface area contributed by atoms with Crippen LogP contribution in [0.25, 0.3) is 0 Å². The van der Waals surface area contributed by atoms with Gasteiger partial charge in [0, 0.05) is 5.02 Å². The first kappa shape index (κ1) is 12.4. The second-order valence-corrected chi connectivity index (χ2v) is 3.99. The van der Waals surface area contributed by atoms with Crippen LogP contribution in [0.2, 0.25) is 5.02 Å². The summed E-state index contributed by atoms with van der Waals surface area (Å²) < 4.78 is 5.45. The lowest BCUT2D eigenvalue weighted by Gasteiger charge is -2.13. The van der Waals surface area contributed by atoms with E-state index in [1.165, 1.54) is 6.20 Å². The maximum absolute atomic E-state index is 11.7. The lowest BCUT2D eigenvalue weighted by Crippen LogP contribution is -2.30. The number of aromatic amines is 1. The lowest BCUT2D eigenvalue weighted by atomic mass is 10.3. The van der Waals surface area contributed by atoms with E-state index < -0.39 is 6.10 Å². The number of ether oxygens (including phenoxy) is 1. The molecule has 1 unspecified atom stereocenters. The van der Waals surface area contributed by atoms with Gasteiger partial charge in [-0.2, -0.15) is 10.3 Å². The van der Waals surface area contributed by atoms with Gasteiger partial charge in [-0.3, -0.25) is 4.79 Å². The second kappa shape index (κ2) is 5.50. The van der Waals surface area contributed by atoms with Gasteiger partial charge < -0.3 is 10.1 Å². The molecule has 0 saturated heterocycles. The number of rotatable bonds is 4. The summed E-state index contributed by atoms with van der Waals surface area (Å²) in [5, 5.41) is 12.9. The molecule has 0 aliphatic heterocycles. The summed E-state index contributed by atoms with van der Waals surface area (Å²) in [6.45, 7) is 1.64. The van der Waals surface area contributed by atoms with E-state index in [-0.39, 0.29) is 5.91 Å². The standard InChI is InChI=1S/C11H11ClN4O2/c1-7(11(17)14-10-6-13-16-15-10)18-9-4-2-8(12)3-5-9/h2-7H,1H3,(H2,13,14,15,16,17). The monoisotopic (exact) mass is 266 g/mol. The van der Waals surface area contributed by atoms with E-state index in [1.807, 2.05) is 0 Å². The van der Waals surface area contributed by atoms with E-state index in [0.29, 0.717) is 16.6 Å². The molecule has 0 saturated carbocycles. The predicted molar refractivity (Wildman–Crippen MR) is 66.6 cm³/mol. The van der Waals surface area contributed by atoms with Gasteiger partial charge in [-0.15, -0.1) is 5.10 Å². The Hall–Kier alpha value is -2.08. The molecule has 18 heavy (non-hydrogen) atoms. The van der Waals surface area contributed by atoms with Crippen LogP contribution in [0.15, 0.2) is 30.5 Å². The van der Waals surface area contributed by atoms with Crippen molar-refractivity contribution in [1.29, 1.82) is 0 Å². The van der Waals surface area contributed by atoms with E-state index in [1.54, 1.807) is 31.2 Å². The molecule has 1 heterocycles. The van der Waals surface area contributed by atoms with Gasteiger partial charge in [0.1, 0.15) is 5.75 Å². The number of anilines is 1. The normalized spacial score (nSPS) is 11.9. The smallest absolute Gasteiger partial charge is 0.266 e. The first-order chi connectivity index (χ1) is 8.65. The van der Waals surface area contributed by atoms with Crippen molar-refractivity contribution in [2.45, 2.75) is 13.0 Å². The number of hydrogen-bond donors (Lipinski definition) is 2. The molecule has 2 rings (SSSR count). The average Bonchev–Trinajstić information content (AvgIpc) is 2.85. The Kier molecular flexibility index (Phi) is 3.78. The van der Waals surface area contributed by atoms with Gasteiger partial charge in [0.15, 0.2) is 11.9 Å². The molecule has 0 bridgehead atoms. The maximum Gasteiger partial charge on any atom is 0.266 e. The van der Waals surface area contributed by atoms with Gasteiger partial charge in [-0.25, -0.2) is 0 Å². The zero-order valence-corrected chi connectivity index (χ0v) is 10.3. The van der Waals surface area contributed by atoms with Crippen molar-refractivity contribution in [3.8, 4) is 5.75 Å². The Morgan fingerprint density at radius 3 is 2.78 bits per heavy atom. The highest BCUT2D eigenvalue weighted by molar-refractivity contribution is 6.30. The van der Waals surface area contributed by atoms with E-state index >= 15 is 0 Å². The fraction of sp³-hybridized carbons (Fsp3) is 0.182. The van der Waals surface area contributed by atoms with Crippen molar-refractivity contribution < 1.29 is 9.53 Å². The van der Waals surface area contributed by atoms with Crippen LogP contribution in [-0.4, -0.2) is 27.4 Å². The van der Waals surface area contributed by atoms with Crippen molar-refractivity contribution in [2.75, 3.05) is 5.32 Å². The number of carbonyl (C=O) groups excluding carboxylic acids is 1. The van der Waals surface area contributed by atoms with Crippen LogP contribution in [-0.2, 0) is 4.79 Å². The molecule has 2 N–H and O–H groups in total. The molecule has 1 aromatic carbocycles. The van der Waals surface area contributed by atoms with Crippen LogP contribution in [0.4, 0.5) is 5.82 Å². The molecule has 0 spiro atoms. The van der Waals surface area contributed by atoms with Gasteiger partial charge in [0.25, 0.3) is 5.91 Å². The fourth-order valence-corrected chi connectivity index (χ4v) is 1.39. The molecule has 0 fully saturated rings. The summed E-state index contributed by atoms with van der Waals surface area (Å²) in [7, 11) is 0. The van der Waals surface area contributed by atoms with Gasteiger partial charge in [-0.05, 0) is 31.2 Å². The number of benzene rings is 1. The minimum absolute atomic E-state index is 0.307. The minimum Gasteiger partial charge on any atom is -0.481 e. The Labute approximate surface area is 108 Å². The van der Waals surface area contributed by atoms with Gasteiger partial charge in [0.05, 0.1) is 6.20 Å². The third kappa shape index (κ3) is 3.21. The highest BCUT2D eigenvalue weighted by Crippen LogP contribution is 2.17. The molecular formula is C11H11ClN4O2. The van der Waals surface area contributed by atoms with Crippen LogP contribution in [0.3, 0.4) is 0 Å². The number of carbonyl (C=O) groups is 1. The molecule has 1 aromatic heterocycles. The molecule has 0 aliphatic carbocycles. The van der Waals surface area contributed by atoms with Gasteiger partial charge in [-0.1, -0.05) is 11.6 Å². The summed E-state index contributed by atoms with van der Waals surface area (Å²) in [6.07, 6.45) is 0.760. The second-order valence-electron chi connectivity index (χ2n) is 3.56. The van der Waals surface area contributed by atoms with E-state index in [0.717, 1.165) is 0 Å². The van der Waals surface area contributed by atoms with Crippen molar-refractivity contribution in [2.24, 2.45) is 0 Å². The summed E-state index contributed by atoms with van der Waals surface area (Å²) >= 11 is 5.75. The third-order valence-corrected chi connectivity index (χ3v) is 2.41. The Morgan fingerprint density at radius 2 is 2.17 bits per heavy atom. The SMILES string of the molecule is CC(Oc1ccc(Cl)cc1)C(=O)Nc1cn[nH]n1. The van der Waals surface area contributed by atoms with Crippen LogP contribution >= 0.6 is 11.6 Å². The van der Waals surface area contributed by atoms with Crippen LogP contribution in [0.5, 0.6) is 5.75 Å². The van der Waals surface area contributed by atoms with Crippen LogP contribution < -0.4 is 10.1 Å². The van der Waals surface area contributed by atoms with E-state index in [4.69, 9.17) is 16.3 Å². The number of nitrogens with zero attached hydrogens (tertiary/aromatic N) is 2. The van der Waals surface area contributed by atoms with Crippen LogP contribution in [0.1, 0.15) is 6.92 Å². The average molecular weight is 267 g/mol. The van der Waals surface area contributed by atoms with Gasteiger partial charge in [0.2, 0.25) is 0 Å². The van der Waals surface area contributed by atoms with Crippen molar-refractivity contribution in [3.63, 3.8) is 0 Å². The van der Waals surface area contributed by atoms with Crippen LogP contribution in [0, 0.1) is 0 Å². The Morgan fingerprint density at radius 1 is 1.44 bits per heavy atom. The molecule has 7 heteroatoms. The number of nitrogens with one attached hydrogen (secondary N) is 2. The highest BCUT2D eigenvalue weighted by atomic mass is 35.5. The number of halogens is 1. The topological polar surface area (TPSA) is 79.9 Å². The molecule has 1 atom stereocenters. The highest BCUT2D eigenvalue weighted by Gasteiger charge is 2.15. The minimum atomic E-state index is -0.650. The van der Waals surface area contributed by atoms with E-state index in [9.17, 15) is 4.79 Å². The third-order valence-electron chi connectivity index (χ3n) is 2.16. The maximum atomic E-state index is 11.7. The number of amides is 1. The molecule has 0 aliphatic rings. The zero-order valence-electron chi connectivity index (χ0n) is 9.55. The lowest BCUT2D eigenvalue weighted by molar-refractivity contribution is -0.122. The summed E-state index contributed by atoms with van der Waals surface area (Å²) in [5.41, 5.74) is 0. The molecular weight excluding hydrogens is 256 g/mol. The summed E-state index contributed by atoms with van der Waals surface area (Å²) in [5.74, 6) is 0.618. The Balaban J connectivity index is 1.93. The molecule has 2 aromatic rings. The summed E-state index contributed by atoms with van der Waals surface area (Å²) in [6, 6.07) is 6.78. The fourth-order valence-electron chi connectivity index (χ4n) is 1.26. The predicted octanol–water partition coefficient (Wildman–Crippen LogP) is 1.86. The summed E-state index contributed by atoms with van der Waals surface area (Å²) in [4.78, 5) is 11.7. The molecule has 1 amide bonds. The molecule has 6 nitrogen and oxygen atoms in total.